The molecule has 0 aromatic heterocycles. The van der Waals surface area contributed by atoms with E-state index in [2.05, 4.69) is 11.3 Å². The molecule has 4 nitrogen and oxygen atoms in total. The minimum absolute atomic E-state index is 0.202. The molecule has 0 spiro atoms. The van der Waals surface area contributed by atoms with Gasteiger partial charge in [0.2, 0.25) is 6.29 Å². The van der Waals surface area contributed by atoms with Crippen LogP contribution in [0.15, 0.2) is 12.2 Å². The summed E-state index contributed by atoms with van der Waals surface area (Å²) in [6.07, 6.45) is 2.81. The average Bonchev–Trinajstić information content (AvgIpc) is 2.17. The Morgan fingerprint density at radius 1 is 1.33 bits per heavy atom. The van der Waals surface area contributed by atoms with Gasteiger partial charge in [0.1, 0.15) is 0 Å². The summed E-state index contributed by atoms with van der Waals surface area (Å²) in [5, 5.41) is 17.8. The lowest BCUT2D eigenvalue weighted by atomic mass is 10.1. The largest absolute Gasteiger partial charge is 0.433 e. The zero-order chi connectivity index (χ0) is 11.7. The van der Waals surface area contributed by atoms with Crippen molar-refractivity contribution in [3.8, 4) is 0 Å². The monoisotopic (exact) mass is 216 g/mol. The first-order chi connectivity index (χ1) is 7.07. The summed E-state index contributed by atoms with van der Waals surface area (Å²) in [5.74, 6) is -0.558. The van der Waals surface area contributed by atoms with Crippen molar-refractivity contribution in [2.75, 3.05) is 6.61 Å². The molecule has 0 aromatic carbocycles. The Kier molecular flexibility index (Phi) is 7.95. The molecule has 0 bridgehead atoms. The van der Waals surface area contributed by atoms with E-state index in [0.29, 0.717) is 6.42 Å². The highest BCUT2D eigenvalue weighted by Crippen LogP contribution is 2.07. The summed E-state index contributed by atoms with van der Waals surface area (Å²) in [7, 11) is 0. The maximum atomic E-state index is 11.0. The molecular formula is C11H20O4. The molecule has 2 N–H and O–H groups in total. The summed E-state index contributed by atoms with van der Waals surface area (Å²) in [4.78, 5) is 11.0. The molecule has 0 aliphatic heterocycles. The number of carbonyl (C=O) groups is 1. The Morgan fingerprint density at radius 3 is 2.47 bits per heavy atom. The number of carbonyl (C=O) groups excluding carboxylic acids is 1. The molecule has 0 amide bonds. The number of unbranched alkanes of at least 4 members (excludes halogenated alkanes) is 3. The van der Waals surface area contributed by atoms with Gasteiger partial charge in [-0.2, -0.15) is 0 Å². The van der Waals surface area contributed by atoms with Crippen LogP contribution in [0.4, 0.5) is 0 Å². The minimum Gasteiger partial charge on any atom is -0.433 e. The van der Waals surface area contributed by atoms with Crippen LogP contribution in [0.2, 0.25) is 0 Å². The molecule has 0 aromatic rings. The van der Waals surface area contributed by atoms with Crippen molar-refractivity contribution in [1.82, 2.24) is 0 Å². The molecule has 15 heavy (non-hydrogen) atoms. The van der Waals surface area contributed by atoms with Gasteiger partial charge in [-0.15, -0.1) is 0 Å². The van der Waals surface area contributed by atoms with Crippen molar-refractivity contribution in [1.29, 1.82) is 0 Å². The number of esters is 1. The molecule has 0 heterocycles. The van der Waals surface area contributed by atoms with Crippen molar-refractivity contribution >= 4 is 5.97 Å². The molecule has 4 heteroatoms. The summed E-state index contributed by atoms with van der Waals surface area (Å²) in [5.41, 5.74) is 0.286. The molecule has 0 saturated heterocycles. The zero-order valence-corrected chi connectivity index (χ0v) is 9.24. The van der Waals surface area contributed by atoms with E-state index >= 15 is 0 Å². The first-order valence-corrected chi connectivity index (χ1v) is 5.23. The van der Waals surface area contributed by atoms with Crippen molar-refractivity contribution in [2.45, 2.75) is 45.3 Å². The zero-order valence-electron chi connectivity index (χ0n) is 9.24. The molecule has 0 aliphatic rings. The topological polar surface area (TPSA) is 66.8 Å². The smallest absolute Gasteiger partial charge is 0.335 e. The van der Waals surface area contributed by atoms with Crippen LogP contribution in [0.3, 0.4) is 0 Å². The Labute approximate surface area is 90.6 Å². The standard InChI is InChI=1S/C11H20O4/c1-9(2)11(14)15-10(13)7-5-3-4-6-8-12/h10,12-13H,1,3-8H2,2H3. The summed E-state index contributed by atoms with van der Waals surface area (Å²) in [6, 6.07) is 0. The number of hydrogen-bond acceptors (Lipinski definition) is 4. The molecule has 0 aliphatic carbocycles. The first kappa shape index (κ1) is 14.1. The highest BCUT2D eigenvalue weighted by atomic mass is 16.6. The lowest BCUT2D eigenvalue weighted by Crippen LogP contribution is -2.17. The van der Waals surface area contributed by atoms with Crippen molar-refractivity contribution in [3.63, 3.8) is 0 Å². The molecule has 0 rings (SSSR count). The molecule has 1 unspecified atom stereocenters. The number of ether oxygens (including phenoxy) is 1. The SMILES string of the molecule is C=C(C)C(=O)OC(O)CCCCCCO. The van der Waals surface area contributed by atoms with Crippen LogP contribution in [0.5, 0.6) is 0 Å². The Bertz CT molecular complexity index is 201. The van der Waals surface area contributed by atoms with Crippen LogP contribution in [0.1, 0.15) is 39.0 Å². The highest BCUT2D eigenvalue weighted by molar-refractivity contribution is 5.86. The normalized spacial score (nSPS) is 12.2. The second kappa shape index (κ2) is 8.44. The molecular weight excluding hydrogens is 196 g/mol. The summed E-state index contributed by atoms with van der Waals surface area (Å²) < 4.78 is 4.69. The average molecular weight is 216 g/mol. The number of hydrogen-bond donors (Lipinski definition) is 2. The third kappa shape index (κ3) is 8.15. The van der Waals surface area contributed by atoms with Gasteiger partial charge in [-0.1, -0.05) is 19.4 Å². The lowest BCUT2D eigenvalue weighted by Gasteiger charge is -2.11. The van der Waals surface area contributed by atoms with Crippen molar-refractivity contribution < 1.29 is 19.7 Å². The van der Waals surface area contributed by atoms with Gasteiger partial charge in [0, 0.05) is 18.6 Å². The van der Waals surface area contributed by atoms with Gasteiger partial charge in [0.25, 0.3) is 0 Å². The van der Waals surface area contributed by atoms with Gasteiger partial charge in [0.15, 0.2) is 0 Å². The van der Waals surface area contributed by atoms with Gasteiger partial charge >= 0.3 is 5.97 Å². The maximum Gasteiger partial charge on any atom is 0.335 e. The second-order valence-corrected chi connectivity index (χ2v) is 3.57. The summed E-state index contributed by atoms with van der Waals surface area (Å²) in [6.45, 7) is 5.16. The number of aliphatic hydroxyl groups is 2. The van der Waals surface area contributed by atoms with E-state index in [1.807, 2.05) is 0 Å². The van der Waals surface area contributed by atoms with Crippen LogP contribution in [-0.2, 0) is 9.53 Å². The van der Waals surface area contributed by atoms with E-state index < -0.39 is 12.3 Å². The molecule has 0 saturated carbocycles. The summed E-state index contributed by atoms with van der Waals surface area (Å²) >= 11 is 0. The third-order valence-electron chi connectivity index (χ3n) is 1.95. The van der Waals surface area contributed by atoms with Gasteiger partial charge in [-0.05, 0) is 19.8 Å². The second-order valence-electron chi connectivity index (χ2n) is 3.57. The fourth-order valence-electron chi connectivity index (χ4n) is 1.07. The fraction of sp³-hybridized carbons (Fsp3) is 0.727. The van der Waals surface area contributed by atoms with Gasteiger partial charge in [-0.3, -0.25) is 0 Å². The van der Waals surface area contributed by atoms with E-state index in [-0.39, 0.29) is 12.2 Å². The van der Waals surface area contributed by atoms with Crippen LogP contribution in [0.25, 0.3) is 0 Å². The Morgan fingerprint density at radius 2 is 1.93 bits per heavy atom. The van der Waals surface area contributed by atoms with Crippen LogP contribution < -0.4 is 0 Å². The first-order valence-electron chi connectivity index (χ1n) is 5.23. The fourth-order valence-corrected chi connectivity index (χ4v) is 1.07. The molecule has 1 atom stereocenters. The van der Waals surface area contributed by atoms with E-state index in [4.69, 9.17) is 5.11 Å². The van der Waals surface area contributed by atoms with Gasteiger partial charge in [0.05, 0.1) is 0 Å². The van der Waals surface area contributed by atoms with Crippen molar-refractivity contribution in [3.05, 3.63) is 12.2 Å². The number of aliphatic hydroxyl groups excluding tert-OH is 2. The minimum atomic E-state index is -1.04. The van der Waals surface area contributed by atoms with E-state index in [0.717, 1.165) is 25.7 Å². The highest BCUT2D eigenvalue weighted by Gasteiger charge is 2.10. The van der Waals surface area contributed by atoms with E-state index in [1.165, 1.54) is 6.92 Å². The predicted molar refractivity (Wildman–Crippen MR) is 57.1 cm³/mol. The Hall–Kier alpha value is -0.870. The van der Waals surface area contributed by atoms with Gasteiger partial charge < -0.3 is 14.9 Å². The van der Waals surface area contributed by atoms with Crippen LogP contribution >= 0.6 is 0 Å². The van der Waals surface area contributed by atoms with Gasteiger partial charge in [-0.25, -0.2) is 4.79 Å². The quantitative estimate of drug-likeness (QED) is 0.278. The number of rotatable bonds is 8. The molecule has 0 radical (unpaired) electrons. The van der Waals surface area contributed by atoms with E-state index in [1.54, 1.807) is 0 Å². The molecule has 88 valence electrons. The predicted octanol–water partition coefficient (Wildman–Crippen LogP) is 1.37. The Balaban J connectivity index is 3.45. The van der Waals surface area contributed by atoms with Crippen molar-refractivity contribution in [2.24, 2.45) is 0 Å². The van der Waals surface area contributed by atoms with Crippen LogP contribution in [-0.4, -0.2) is 29.1 Å². The lowest BCUT2D eigenvalue weighted by molar-refractivity contribution is -0.163. The van der Waals surface area contributed by atoms with E-state index in [9.17, 15) is 9.90 Å². The third-order valence-corrected chi connectivity index (χ3v) is 1.95. The molecule has 0 fully saturated rings. The van der Waals surface area contributed by atoms with Crippen LogP contribution in [0, 0.1) is 0 Å². The maximum absolute atomic E-state index is 11.0.